The Morgan fingerprint density at radius 2 is 1.82 bits per heavy atom. The number of amides is 1. The van der Waals surface area contributed by atoms with Gasteiger partial charge in [0, 0.05) is 13.1 Å². The Kier molecular flexibility index (Phi) is 6.87. The minimum atomic E-state index is -0.604. The van der Waals surface area contributed by atoms with Crippen molar-refractivity contribution in [3.05, 3.63) is 83.8 Å². The van der Waals surface area contributed by atoms with Crippen molar-refractivity contribution in [3.63, 3.8) is 0 Å². The molecule has 4 aromatic rings. The van der Waals surface area contributed by atoms with E-state index in [9.17, 15) is 14.0 Å². The van der Waals surface area contributed by atoms with Crippen LogP contribution in [0.15, 0.2) is 72.3 Å². The summed E-state index contributed by atoms with van der Waals surface area (Å²) >= 11 is 0. The van der Waals surface area contributed by atoms with Crippen LogP contribution in [0.4, 0.5) is 4.39 Å². The lowest BCUT2D eigenvalue weighted by Gasteiger charge is -2.32. The molecule has 2 aromatic heterocycles. The van der Waals surface area contributed by atoms with Gasteiger partial charge in [0.1, 0.15) is 11.3 Å². The van der Waals surface area contributed by atoms with Gasteiger partial charge in [-0.3, -0.25) is 18.9 Å². The van der Waals surface area contributed by atoms with E-state index in [1.165, 1.54) is 32.4 Å². The van der Waals surface area contributed by atoms with Crippen molar-refractivity contribution in [1.29, 1.82) is 0 Å². The molecule has 0 spiro atoms. The number of halogens is 1. The first kappa shape index (κ1) is 25.1. The first-order valence-electron chi connectivity index (χ1n) is 12.1. The number of aromatic nitrogens is 3. The number of piperidine rings is 1. The van der Waals surface area contributed by atoms with E-state index in [0.29, 0.717) is 41.3 Å². The minimum Gasteiger partial charge on any atom is -0.494 e. The molecule has 2 aromatic carbocycles. The van der Waals surface area contributed by atoms with Crippen molar-refractivity contribution >= 4 is 16.9 Å². The number of carbonyl (C=O) groups excluding carboxylic acids is 1. The number of imidazole rings is 1. The Balaban J connectivity index is 1.55. The van der Waals surface area contributed by atoms with Gasteiger partial charge >= 0.3 is 5.69 Å². The predicted molar refractivity (Wildman–Crippen MR) is 140 cm³/mol. The van der Waals surface area contributed by atoms with Crippen LogP contribution in [0.1, 0.15) is 18.9 Å². The van der Waals surface area contributed by atoms with Crippen molar-refractivity contribution in [2.45, 2.75) is 18.9 Å². The minimum absolute atomic E-state index is 0.0238. The fourth-order valence-corrected chi connectivity index (χ4v) is 4.89. The maximum absolute atomic E-state index is 14.5. The van der Waals surface area contributed by atoms with Crippen molar-refractivity contribution in [3.8, 4) is 28.7 Å². The zero-order chi connectivity index (χ0) is 26.8. The summed E-state index contributed by atoms with van der Waals surface area (Å²) < 4.78 is 34.1. The molecule has 10 heteroatoms. The molecule has 1 aliphatic rings. The highest BCUT2D eigenvalue weighted by Crippen LogP contribution is 2.33. The molecule has 0 saturated carbocycles. The smallest absolute Gasteiger partial charge is 0.334 e. The van der Waals surface area contributed by atoms with E-state index in [1.54, 1.807) is 56.8 Å². The van der Waals surface area contributed by atoms with Gasteiger partial charge < -0.3 is 19.1 Å². The number of hydrogen-bond donors (Lipinski definition) is 0. The Labute approximate surface area is 218 Å². The molecule has 1 atom stereocenters. The molecule has 0 radical (unpaired) electrons. The second kappa shape index (κ2) is 10.4. The zero-order valence-electron chi connectivity index (χ0n) is 21.1. The van der Waals surface area contributed by atoms with Crippen LogP contribution in [0.5, 0.6) is 23.0 Å². The SMILES string of the molecule is C=CC(=O)N1CCCC(n2c(=O)n(-c3ccc(Oc4cccc(OC)c4F)cc3)c3cncc(OC)c32)C1. The standard InChI is InChI=1S/C28H27FN4O5/c1-4-25(34)31-14-6-7-19(17-31)33-27-21(15-30-16-24(27)37-3)32(28(33)35)18-10-12-20(13-11-18)38-23-9-5-8-22(36-2)26(23)29/h4-5,8-13,15-16,19H,1,6-7,14,17H2,2-3H3. The molecule has 9 nitrogen and oxygen atoms in total. The Hall–Kier alpha value is -4.60. The van der Waals surface area contributed by atoms with E-state index >= 15 is 0 Å². The third-order valence-corrected chi connectivity index (χ3v) is 6.68. The van der Waals surface area contributed by atoms with Gasteiger partial charge in [-0.1, -0.05) is 12.6 Å². The van der Waals surface area contributed by atoms with E-state index in [2.05, 4.69) is 11.6 Å². The Bertz CT molecular complexity index is 1560. The van der Waals surface area contributed by atoms with Gasteiger partial charge in [-0.25, -0.2) is 4.79 Å². The van der Waals surface area contributed by atoms with Gasteiger partial charge in [0.2, 0.25) is 11.7 Å². The number of likely N-dealkylation sites (tertiary alicyclic amines) is 1. The molecule has 196 valence electrons. The van der Waals surface area contributed by atoms with Crippen molar-refractivity contribution in [1.82, 2.24) is 19.0 Å². The molecule has 0 N–H and O–H groups in total. The van der Waals surface area contributed by atoms with Crippen LogP contribution in [-0.2, 0) is 4.79 Å². The molecular weight excluding hydrogens is 491 g/mol. The largest absolute Gasteiger partial charge is 0.494 e. The van der Waals surface area contributed by atoms with Crippen LogP contribution in [0, 0.1) is 5.82 Å². The zero-order valence-corrected chi connectivity index (χ0v) is 21.1. The molecule has 0 bridgehead atoms. The number of pyridine rings is 1. The quantitative estimate of drug-likeness (QED) is 0.335. The summed E-state index contributed by atoms with van der Waals surface area (Å²) in [6.45, 7) is 4.59. The van der Waals surface area contributed by atoms with Crippen molar-refractivity contribution < 1.29 is 23.4 Å². The van der Waals surface area contributed by atoms with Crippen molar-refractivity contribution in [2.24, 2.45) is 0 Å². The van der Waals surface area contributed by atoms with Gasteiger partial charge in [-0.15, -0.1) is 0 Å². The molecule has 1 aliphatic heterocycles. The number of nitrogens with zero attached hydrogens (tertiary/aromatic N) is 4. The second-order valence-corrected chi connectivity index (χ2v) is 8.85. The lowest BCUT2D eigenvalue weighted by atomic mass is 10.1. The fraction of sp³-hybridized carbons (Fsp3) is 0.250. The molecule has 1 saturated heterocycles. The van der Waals surface area contributed by atoms with E-state index < -0.39 is 5.82 Å². The van der Waals surface area contributed by atoms with Crippen LogP contribution >= 0.6 is 0 Å². The van der Waals surface area contributed by atoms with Crippen LogP contribution in [0.3, 0.4) is 0 Å². The maximum Gasteiger partial charge on any atom is 0.334 e. The van der Waals surface area contributed by atoms with Crippen LogP contribution in [0.2, 0.25) is 0 Å². The topological polar surface area (TPSA) is 87.8 Å². The van der Waals surface area contributed by atoms with Crippen LogP contribution in [0.25, 0.3) is 16.7 Å². The second-order valence-electron chi connectivity index (χ2n) is 8.85. The molecule has 1 fully saturated rings. The molecule has 0 aliphatic carbocycles. The van der Waals surface area contributed by atoms with E-state index in [4.69, 9.17) is 14.2 Å². The van der Waals surface area contributed by atoms with E-state index in [0.717, 1.165) is 12.8 Å². The third-order valence-electron chi connectivity index (χ3n) is 6.68. The molecule has 38 heavy (non-hydrogen) atoms. The number of methoxy groups -OCH3 is 2. The summed E-state index contributed by atoms with van der Waals surface area (Å²) in [7, 11) is 2.91. The molecule has 3 heterocycles. The highest BCUT2D eigenvalue weighted by Gasteiger charge is 2.29. The summed E-state index contributed by atoms with van der Waals surface area (Å²) in [6.07, 6.45) is 5.95. The highest BCUT2D eigenvalue weighted by molar-refractivity contribution is 5.87. The van der Waals surface area contributed by atoms with Gasteiger partial charge in [-0.2, -0.15) is 4.39 Å². The molecule has 5 rings (SSSR count). The van der Waals surface area contributed by atoms with E-state index in [-0.39, 0.29) is 29.1 Å². The maximum atomic E-state index is 14.5. The van der Waals surface area contributed by atoms with Gasteiger partial charge in [0.05, 0.1) is 43.9 Å². The average Bonchev–Trinajstić information content (AvgIpc) is 3.26. The van der Waals surface area contributed by atoms with Crippen LogP contribution in [-0.4, -0.2) is 52.2 Å². The summed E-state index contributed by atoms with van der Waals surface area (Å²) in [5, 5.41) is 0. The van der Waals surface area contributed by atoms with E-state index in [1.807, 2.05) is 0 Å². The number of fused-ring (bicyclic) bond motifs is 1. The predicted octanol–water partition coefficient (Wildman–Crippen LogP) is 4.49. The molecular formula is C28H27FN4O5. The average molecular weight is 519 g/mol. The molecule has 1 unspecified atom stereocenters. The number of benzene rings is 2. The van der Waals surface area contributed by atoms with Crippen molar-refractivity contribution in [2.75, 3.05) is 27.3 Å². The first-order valence-corrected chi connectivity index (χ1v) is 12.1. The summed E-state index contributed by atoms with van der Waals surface area (Å²) in [4.78, 5) is 32.2. The fourth-order valence-electron chi connectivity index (χ4n) is 4.89. The van der Waals surface area contributed by atoms with Gasteiger partial charge in [-0.05, 0) is 55.3 Å². The summed E-state index contributed by atoms with van der Waals surface area (Å²) in [5.41, 5.74) is 1.46. The highest BCUT2D eigenvalue weighted by atomic mass is 19.1. The third kappa shape index (κ3) is 4.38. The Morgan fingerprint density at radius 3 is 2.53 bits per heavy atom. The van der Waals surface area contributed by atoms with Gasteiger partial charge in [0.15, 0.2) is 17.2 Å². The lowest BCUT2D eigenvalue weighted by molar-refractivity contribution is -0.127. The number of ether oxygens (including phenoxy) is 3. The number of rotatable bonds is 7. The van der Waals surface area contributed by atoms with Gasteiger partial charge in [0.25, 0.3) is 0 Å². The van der Waals surface area contributed by atoms with Crippen LogP contribution < -0.4 is 19.9 Å². The number of hydrogen-bond acceptors (Lipinski definition) is 6. The molecule has 1 amide bonds. The number of carbonyl (C=O) groups is 1. The normalized spacial score (nSPS) is 15.3. The summed E-state index contributed by atoms with van der Waals surface area (Å²) in [5.74, 6) is 0.182. The Morgan fingerprint density at radius 1 is 1.08 bits per heavy atom. The summed E-state index contributed by atoms with van der Waals surface area (Å²) in [6, 6.07) is 11.1. The first-order chi connectivity index (χ1) is 18.5. The monoisotopic (exact) mass is 518 g/mol. The lowest BCUT2D eigenvalue weighted by Crippen LogP contribution is -2.42.